The van der Waals surface area contributed by atoms with Crippen LogP contribution in [0.15, 0.2) is 54.6 Å². The van der Waals surface area contributed by atoms with Gasteiger partial charge in [-0.2, -0.15) is 0 Å². The molecule has 3 heterocycles. The molecule has 3 heteroatoms. The van der Waals surface area contributed by atoms with Gasteiger partial charge < -0.3 is 9.88 Å². The average molecular weight is 316 g/mol. The smallest absolute Gasteiger partial charge is 0.223 e. The van der Waals surface area contributed by atoms with Gasteiger partial charge in [-0.3, -0.25) is 4.79 Å². The molecule has 1 aromatic heterocycles. The average Bonchev–Trinajstić information content (AvgIpc) is 3.02. The number of rotatable bonds is 1. The molecule has 2 aliphatic heterocycles. The second kappa shape index (κ2) is 4.97. The number of fused-ring (bicyclic) bond motifs is 5. The Bertz CT molecular complexity index is 927. The van der Waals surface area contributed by atoms with E-state index in [1.54, 1.807) is 0 Å². The van der Waals surface area contributed by atoms with E-state index in [2.05, 4.69) is 58.4 Å². The van der Waals surface area contributed by atoms with Gasteiger partial charge in [0.15, 0.2) is 0 Å². The van der Waals surface area contributed by atoms with Gasteiger partial charge in [0.05, 0.1) is 5.69 Å². The lowest BCUT2D eigenvalue weighted by molar-refractivity contribution is -0.141. The number of benzene rings is 2. The maximum Gasteiger partial charge on any atom is 0.223 e. The van der Waals surface area contributed by atoms with Crippen molar-refractivity contribution in [2.24, 2.45) is 0 Å². The molecule has 1 atom stereocenters. The Balaban J connectivity index is 1.84. The molecule has 2 aromatic carbocycles. The third-order valence-corrected chi connectivity index (χ3v) is 5.76. The summed E-state index contributed by atoms with van der Waals surface area (Å²) in [5, 5.41) is 1.31. The quantitative estimate of drug-likeness (QED) is 0.724. The van der Waals surface area contributed by atoms with Gasteiger partial charge in [-0.25, -0.2) is 0 Å². The van der Waals surface area contributed by atoms with E-state index >= 15 is 0 Å². The Morgan fingerprint density at radius 2 is 1.75 bits per heavy atom. The molecule has 0 unspecified atom stereocenters. The molecular weight excluding hydrogens is 296 g/mol. The van der Waals surface area contributed by atoms with Crippen LogP contribution in [-0.2, 0) is 16.8 Å². The zero-order valence-corrected chi connectivity index (χ0v) is 13.6. The van der Waals surface area contributed by atoms with Crippen molar-refractivity contribution in [3.8, 4) is 0 Å². The van der Waals surface area contributed by atoms with Crippen molar-refractivity contribution in [3.63, 3.8) is 0 Å². The predicted molar refractivity (Wildman–Crippen MR) is 94.8 cm³/mol. The van der Waals surface area contributed by atoms with Crippen LogP contribution in [0.25, 0.3) is 10.9 Å². The summed E-state index contributed by atoms with van der Waals surface area (Å²) in [6.45, 7) is 0.808. The minimum absolute atomic E-state index is 0.286. The van der Waals surface area contributed by atoms with E-state index in [0.717, 1.165) is 25.8 Å². The highest BCUT2D eigenvalue weighted by Gasteiger charge is 2.49. The summed E-state index contributed by atoms with van der Waals surface area (Å²) in [4.78, 5) is 18.6. The fourth-order valence-corrected chi connectivity index (χ4v) is 4.75. The highest BCUT2D eigenvalue weighted by Crippen LogP contribution is 2.48. The van der Waals surface area contributed by atoms with E-state index in [1.165, 1.54) is 27.7 Å². The monoisotopic (exact) mass is 316 g/mol. The highest BCUT2D eigenvalue weighted by atomic mass is 16.2. The van der Waals surface area contributed by atoms with Crippen LogP contribution >= 0.6 is 0 Å². The van der Waals surface area contributed by atoms with E-state index < -0.39 is 0 Å². The van der Waals surface area contributed by atoms with Gasteiger partial charge in [0, 0.05) is 23.9 Å². The third-order valence-electron chi connectivity index (χ3n) is 5.76. The van der Waals surface area contributed by atoms with Gasteiger partial charge in [0.1, 0.15) is 5.54 Å². The van der Waals surface area contributed by atoms with Crippen LogP contribution in [0.3, 0.4) is 0 Å². The zero-order valence-electron chi connectivity index (χ0n) is 13.6. The molecule has 1 saturated heterocycles. The van der Waals surface area contributed by atoms with Gasteiger partial charge in [-0.1, -0.05) is 48.5 Å². The van der Waals surface area contributed by atoms with Gasteiger partial charge in [-0.05, 0) is 36.5 Å². The number of carbonyl (C=O) groups excluding carboxylic acids is 1. The SMILES string of the molecule is O=C1CCC[C@]2(c3ccccc3)c3[nH]c4ccccc4c3CCN12. The van der Waals surface area contributed by atoms with E-state index in [9.17, 15) is 4.79 Å². The molecule has 2 aliphatic rings. The number of nitrogens with zero attached hydrogens (tertiary/aromatic N) is 1. The first kappa shape index (κ1) is 13.8. The largest absolute Gasteiger partial charge is 0.356 e. The number of nitrogens with one attached hydrogen (secondary N) is 1. The molecule has 3 aromatic rings. The summed E-state index contributed by atoms with van der Waals surface area (Å²) >= 11 is 0. The molecule has 24 heavy (non-hydrogen) atoms. The molecule has 1 N–H and O–H groups in total. The number of amides is 1. The number of hydrogen-bond acceptors (Lipinski definition) is 1. The molecule has 5 rings (SSSR count). The third kappa shape index (κ3) is 1.70. The highest BCUT2D eigenvalue weighted by molar-refractivity contribution is 5.87. The first-order chi connectivity index (χ1) is 11.8. The topological polar surface area (TPSA) is 36.1 Å². The van der Waals surface area contributed by atoms with Crippen LogP contribution in [0, 0.1) is 0 Å². The van der Waals surface area contributed by atoms with Crippen molar-refractivity contribution >= 4 is 16.8 Å². The Labute approximate surface area is 141 Å². The molecule has 1 fully saturated rings. The molecule has 0 spiro atoms. The number of para-hydroxylation sites is 1. The molecule has 1 amide bonds. The van der Waals surface area contributed by atoms with Gasteiger partial charge in [-0.15, -0.1) is 0 Å². The molecule has 3 nitrogen and oxygen atoms in total. The Kier molecular flexibility index (Phi) is 2.87. The minimum Gasteiger partial charge on any atom is -0.356 e. The van der Waals surface area contributed by atoms with E-state index in [-0.39, 0.29) is 11.4 Å². The Morgan fingerprint density at radius 3 is 2.62 bits per heavy atom. The van der Waals surface area contributed by atoms with Crippen molar-refractivity contribution in [2.75, 3.05) is 6.54 Å². The lowest BCUT2D eigenvalue weighted by Crippen LogP contribution is -2.56. The Hall–Kier alpha value is -2.55. The number of aromatic amines is 1. The lowest BCUT2D eigenvalue weighted by atomic mass is 9.73. The molecule has 0 aliphatic carbocycles. The Morgan fingerprint density at radius 1 is 0.958 bits per heavy atom. The van der Waals surface area contributed by atoms with Crippen molar-refractivity contribution in [1.82, 2.24) is 9.88 Å². The predicted octanol–water partition coefficient (Wildman–Crippen LogP) is 3.98. The number of hydrogen-bond donors (Lipinski definition) is 1. The molecular formula is C21H20N2O. The first-order valence-electron chi connectivity index (χ1n) is 8.77. The molecule has 120 valence electrons. The zero-order chi connectivity index (χ0) is 16.1. The number of aromatic nitrogens is 1. The fourth-order valence-electron chi connectivity index (χ4n) is 4.75. The summed E-state index contributed by atoms with van der Waals surface area (Å²) in [7, 11) is 0. The molecule has 0 radical (unpaired) electrons. The van der Waals surface area contributed by atoms with Crippen molar-refractivity contribution in [3.05, 3.63) is 71.4 Å². The number of carbonyl (C=O) groups is 1. The van der Waals surface area contributed by atoms with Crippen LogP contribution < -0.4 is 0 Å². The number of piperidine rings is 1. The van der Waals surface area contributed by atoms with E-state index in [0.29, 0.717) is 6.42 Å². The summed E-state index contributed by atoms with van der Waals surface area (Å²) in [5.41, 5.74) is 4.70. The second-order valence-electron chi connectivity index (χ2n) is 6.90. The van der Waals surface area contributed by atoms with Crippen LogP contribution in [0.4, 0.5) is 0 Å². The van der Waals surface area contributed by atoms with Crippen molar-refractivity contribution in [1.29, 1.82) is 0 Å². The van der Waals surface area contributed by atoms with Crippen molar-refractivity contribution < 1.29 is 4.79 Å². The second-order valence-corrected chi connectivity index (χ2v) is 6.90. The fraction of sp³-hybridized carbons (Fsp3) is 0.286. The first-order valence-corrected chi connectivity index (χ1v) is 8.77. The van der Waals surface area contributed by atoms with Crippen LogP contribution in [0.2, 0.25) is 0 Å². The van der Waals surface area contributed by atoms with Gasteiger partial charge in [0.25, 0.3) is 0 Å². The summed E-state index contributed by atoms with van der Waals surface area (Å²) in [5.74, 6) is 0.286. The summed E-state index contributed by atoms with van der Waals surface area (Å²) < 4.78 is 0. The summed E-state index contributed by atoms with van der Waals surface area (Å²) in [6.07, 6.45) is 3.53. The number of H-pyrrole nitrogens is 1. The summed E-state index contributed by atoms with van der Waals surface area (Å²) in [6, 6.07) is 19.1. The van der Waals surface area contributed by atoms with E-state index in [1.807, 2.05) is 6.07 Å². The molecule has 0 saturated carbocycles. The van der Waals surface area contributed by atoms with E-state index in [4.69, 9.17) is 0 Å². The molecule has 0 bridgehead atoms. The maximum absolute atomic E-state index is 12.7. The van der Waals surface area contributed by atoms with Gasteiger partial charge >= 0.3 is 0 Å². The standard InChI is InChI=1S/C21H20N2O/c24-19-11-6-13-21(15-7-2-1-3-8-15)20-17(12-14-23(19)21)16-9-4-5-10-18(16)22-20/h1-5,7-10,22H,6,11-14H2/t21-/m0/s1. The normalized spacial score (nSPS) is 23.2. The maximum atomic E-state index is 12.7. The van der Waals surface area contributed by atoms with Crippen LogP contribution in [0.1, 0.15) is 36.1 Å². The lowest BCUT2D eigenvalue weighted by Gasteiger charge is -2.50. The minimum atomic E-state index is -0.330. The van der Waals surface area contributed by atoms with Crippen molar-refractivity contribution in [2.45, 2.75) is 31.2 Å². The van der Waals surface area contributed by atoms with Crippen LogP contribution in [0.5, 0.6) is 0 Å². The van der Waals surface area contributed by atoms with Gasteiger partial charge in [0.2, 0.25) is 5.91 Å². The van der Waals surface area contributed by atoms with Crippen LogP contribution in [-0.4, -0.2) is 22.3 Å².